The van der Waals surface area contributed by atoms with E-state index < -0.39 is 0 Å². The van der Waals surface area contributed by atoms with Gasteiger partial charge in [0.15, 0.2) is 0 Å². The Hall–Kier alpha value is -1.14. The predicted molar refractivity (Wildman–Crippen MR) is 91.4 cm³/mol. The molecular formula is C16H29N3O2S. The molecule has 0 aliphatic rings. The van der Waals surface area contributed by atoms with Gasteiger partial charge in [0.25, 0.3) is 0 Å². The average molecular weight is 327 g/mol. The summed E-state index contributed by atoms with van der Waals surface area (Å²) in [6, 6.07) is -0.139. The van der Waals surface area contributed by atoms with Crippen LogP contribution in [0.5, 0.6) is 0 Å². The molecule has 0 fully saturated rings. The van der Waals surface area contributed by atoms with Crippen molar-refractivity contribution in [1.29, 1.82) is 0 Å². The summed E-state index contributed by atoms with van der Waals surface area (Å²) in [5.41, 5.74) is 0.698. The summed E-state index contributed by atoms with van der Waals surface area (Å²) < 4.78 is 5.37. The molecule has 0 saturated carbocycles. The Morgan fingerprint density at radius 3 is 2.50 bits per heavy atom. The fourth-order valence-corrected chi connectivity index (χ4v) is 2.96. The molecule has 6 heteroatoms. The predicted octanol–water partition coefficient (Wildman–Crippen LogP) is 3.44. The van der Waals surface area contributed by atoms with Crippen molar-refractivity contribution in [3.63, 3.8) is 0 Å². The summed E-state index contributed by atoms with van der Waals surface area (Å²) in [7, 11) is 1.68. The summed E-state index contributed by atoms with van der Waals surface area (Å²) in [4.78, 5) is 16.5. The fourth-order valence-electron chi connectivity index (χ4n) is 2.05. The van der Waals surface area contributed by atoms with Gasteiger partial charge in [-0.05, 0) is 27.2 Å². The summed E-state index contributed by atoms with van der Waals surface area (Å²) in [5, 5.41) is 8.86. The molecule has 1 aromatic rings. The maximum Gasteiger partial charge on any atom is 0.315 e. The van der Waals surface area contributed by atoms with Crippen LogP contribution in [0.3, 0.4) is 0 Å². The molecule has 0 spiro atoms. The third-order valence-electron chi connectivity index (χ3n) is 3.35. The highest BCUT2D eigenvalue weighted by molar-refractivity contribution is 7.09. The number of carbonyl (C=O) groups excluding carboxylic acids is 1. The van der Waals surface area contributed by atoms with Gasteiger partial charge in [-0.1, -0.05) is 20.8 Å². The van der Waals surface area contributed by atoms with Gasteiger partial charge in [-0.25, -0.2) is 9.78 Å². The minimum absolute atomic E-state index is 0.0375. The van der Waals surface area contributed by atoms with Gasteiger partial charge in [-0.15, -0.1) is 11.3 Å². The van der Waals surface area contributed by atoms with Crippen LogP contribution in [-0.2, 0) is 16.7 Å². The van der Waals surface area contributed by atoms with Crippen LogP contribution < -0.4 is 10.6 Å². The van der Waals surface area contributed by atoms with Gasteiger partial charge in [0.1, 0.15) is 0 Å². The van der Waals surface area contributed by atoms with Gasteiger partial charge in [0.05, 0.1) is 22.8 Å². The molecule has 2 amide bonds. The first kappa shape index (κ1) is 18.9. The van der Waals surface area contributed by atoms with Crippen molar-refractivity contribution in [3.05, 3.63) is 16.1 Å². The highest BCUT2D eigenvalue weighted by atomic mass is 32.1. The van der Waals surface area contributed by atoms with E-state index in [1.165, 1.54) is 0 Å². The van der Waals surface area contributed by atoms with Crippen LogP contribution >= 0.6 is 11.3 Å². The lowest BCUT2D eigenvalue weighted by Crippen LogP contribution is -2.43. The zero-order chi connectivity index (χ0) is 17.0. The Bertz CT molecular complexity index is 492. The first-order valence-electron chi connectivity index (χ1n) is 7.58. The monoisotopic (exact) mass is 327 g/mol. The van der Waals surface area contributed by atoms with E-state index in [4.69, 9.17) is 4.74 Å². The van der Waals surface area contributed by atoms with E-state index in [-0.39, 0.29) is 23.1 Å². The number of hydrogen-bond donors (Lipinski definition) is 2. The number of hydrogen-bond acceptors (Lipinski definition) is 4. The number of ether oxygens (including phenoxy) is 1. The number of rotatable bonds is 6. The highest BCUT2D eigenvalue weighted by Gasteiger charge is 2.21. The van der Waals surface area contributed by atoms with E-state index in [1.54, 1.807) is 18.4 Å². The Labute approximate surface area is 137 Å². The molecule has 0 unspecified atom stereocenters. The third-order valence-corrected chi connectivity index (χ3v) is 4.67. The smallest absolute Gasteiger partial charge is 0.315 e. The topological polar surface area (TPSA) is 63.2 Å². The second-order valence-electron chi connectivity index (χ2n) is 7.29. The van der Waals surface area contributed by atoms with Crippen LogP contribution in [-0.4, -0.2) is 29.8 Å². The Morgan fingerprint density at radius 2 is 2.00 bits per heavy atom. The summed E-state index contributed by atoms with van der Waals surface area (Å²) in [5.74, 6) is 0. The van der Waals surface area contributed by atoms with Gasteiger partial charge in [0, 0.05) is 23.9 Å². The van der Waals surface area contributed by atoms with Crippen LogP contribution in [0.4, 0.5) is 4.79 Å². The molecule has 1 atom stereocenters. The Morgan fingerprint density at radius 1 is 1.36 bits per heavy atom. The van der Waals surface area contributed by atoms with Crippen LogP contribution in [0.2, 0.25) is 0 Å². The lowest BCUT2D eigenvalue weighted by Gasteiger charge is -2.27. The molecule has 22 heavy (non-hydrogen) atoms. The van der Waals surface area contributed by atoms with Gasteiger partial charge >= 0.3 is 6.03 Å². The van der Waals surface area contributed by atoms with E-state index in [2.05, 4.69) is 36.4 Å². The number of urea groups is 1. The van der Waals surface area contributed by atoms with E-state index in [0.717, 1.165) is 17.1 Å². The van der Waals surface area contributed by atoms with Gasteiger partial charge in [-0.2, -0.15) is 0 Å². The number of amides is 2. The van der Waals surface area contributed by atoms with Crippen LogP contribution in [0.25, 0.3) is 0 Å². The van der Waals surface area contributed by atoms with Crippen molar-refractivity contribution in [2.45, 2.75) is 71.6 Å². The van der Waals surface area contributed by atoms with Crippen LogP contribution in [0.15, 0.2) is 5.38 Å². The molecule has 126 valence electrons. The van der Waals surface area contributed by atoms with E-state index in [1.807, 2.05) is 26.2 Å². The van der Waals surface area contributed by atoms with E-state index in [9.17, 15) is 4.79 Å². The fraction of sp³-hybridized carbons (Fsp3) is 0.750. The van der Waals surface area contributed by atoms with Crippen LogP contribution in [0, 0.1) is 0 Å². The average Bonchev–Trinajstić information content (AvgIpc) is 2.84. The van der Waals surface area contributed by atoms with Crippen molar-refractivity contribution >= 4 is 17.4 Å². The molecule has 1 heterocycles. The van der Waals surface area contributed by atoms with Gasteiger partial charge in [0.2, 0.25) is 0 Å². The maximum absolute atomic E-state index is 11.9. The molecule has 5 nitrogen and oxygen atoms in total. The molecule has 0 radical (unpaired) electrons. The molecule has 0 aromatic carbocycles. The van der Waals surface area contributed by atoms with E-state index in [0.29, 0.717) is 6.54 Å². The molecule has 1 rings (SSSR count). The molecule has 0 bridgehead atoms. The number of carbonyl (C=O) groups is 1. The molecular weight excluding hydrogens is 298 g/mol. The summed E-state index contributed by atoms with van der Waals surface area (Å²) in [6.45, 7) is 12.8. The number of nitrogens with one attached hydrogen (secondary N) is 2. The number of thiazole rings is 1. The number of nitrogens with zero attached hydrogens (tertiary/aromatic N) is 1. The Balaban J connectivity index is 2.42. The molecule has 0 aliphatic heterocycles. The largest absolute Gasteiger partial charge is 0.379 e. The quantitative estimate of drug-likeness (QED) is 0.841. The first-order valence-corrected chi connectivity index (χ1v) is 8.46. The minimum Gasteiger partial charge on any atom is -0.379 e. The second-order valence-corrected chi connectivity index (χ2v) is 8.15. The third kappa shape index (κ3) is 6.32. The Kier molecular flexibility index (Phi) is 6.38. The normalized spacial score (nSPS) is 13.8. The van der Waals surface area contributed by atoms with Crippen molar-refractivity contribution < 1.29 is 9.53 Å². The van der Waals surface area contributed by atoms with E-state index >= 15 is 0 Å². The molecule has 0 saturated heterocycles. The lowest BCUT2D eigenvalue weighted by atomic mass is 9.98. The highest BCUT2D eigenvalue weighted by Crippen LogP contribution is 2.25. The summed E-state index contributed by atoms with van der Waals surface area (Å²) >= 11 is 1.63. The van der Waals surface area contributed by atoms with Crippen LogP contribution in [0.1, 0.15) is 58.7 Å². The van der Waals surface area contributed by atoms with Crippen molar-refractivity contribution in [1.82, 2.24) is 15.6 Å². The first-order chi connectivity index (χ1) is 10.0. The van der Waals surface area contributed by atoms with Gasteiger partial charge in [-0.3, -0.25) is 0 Å². The number of aromatic nitrogens is 1. The summed E-state index contributed by atoms with van der Waals surface area (Å²) in [6.07, 6.45) is 0.752. The standard InChI is InChI=1S/C16H29N3O2S/c1-11(8-16(5,6)21-7)18-14(20)17-9-12-10-22-13(19-12)15(2,3)4/h10-11H,8-9H2,1-7H3,(H2,17,18,20)/t11-/m1/s1. The zero-order valence-corrected chi connectivity index (χ0v) is 15.6. The molecule has 2 N–H and O–H groups in total. The van der Waals surface area contributed by atoms with Gasteiger partial charge < -0.3 is 15.4 Å². The van der Waals surface area contributed by atoms with Crippen molar-refractivity contribution in [2.75, 3.05) is 7.11 Å². The lowest BCUT2D eigenvalue weighted by molar-refractivity contribution is 0.00950. The second kappa shape index (κ2) is 7.42. The molecule has 1 aromatic heterocycles. The zero-order valence-electron chi connectivity index (χ0n) is 14.7. The minimum atomic E-state index is -0.247. The molecule has 0 aliphatic carbocycles. The number of methoxy groups -OCH3 is 1. The SMILES string of the molecule is COC(C)(C)C[C@@H](C)NC(=O)NCc1csc(C(C)(C)C)n1. The van der Waals surface area contributed by atoms with Crippen molar-refractivity contribution in [2.24, 2.45) is 0 Å². The maximum atomic E-state index is 11.9. The van der Waals surface area contributed by atoms with Crippen molar-refractivity contribution in [3.8, 4) is 0 Å².